The summed E-state index contributed by atoms with van der Waals surface area (Å²) >= 11 is 0. The van der Waals surface area contributed by atoms with Gasteiger partial charge in [0.25, 0.3) is 0 Å². The van der Waals surface area contributed by atoms with Crippen molar-refractivity contribution in [3.05, 3.63) is 30.1 Å². The molecule has 21 heavy (non-hydrogen) atoms. The zero-order valence-corrected chi connectivity index (χ0v) is 13.2. The number of hydrogen-bond acceptors (Lipinski definition) is 3. The summed E-state index contributed by atoms with van der Waals surface area (Å²) in [6.07, 6.45) is 10.6. The Morgan fingerprint density at radius 3 is 2.86 bits per heavy atom. The summed E-state index contributed by atoms with van der Waals surface area (Å²) in [4.78, 5) is 10.0. The molecule has 0 radical (unpaired) electrons. The Bertz CT molecular complexity index is 581. The van der Waals surface area contributed by atoms with Crippen LogP contribution >= 0.6 is 0 Å². The van der Waals surface area contributed by atoms with Gasteiger partial charge in [-0.1, -0.05) is 19.3 Å². The normalized spacial score (nSPS) is 18.4. The highest BCUT2D eigenvalue weighted by Gasteiger charge is 2.33. The van der Waals surface area contributed by atoms with Crippen LogP contribution in [0.25, 0.3) is 11.0 Å². The van der Waals surface area contributed by atoms with Gasteiger partial charge in [-0.2, -0.15) is 0 Å². The van der Waals surface area contributed by atoms with Gasteiger partial charge in [-0.05, 0) is 44.6 Å². The van der Waals surface area contributed by atoms with E-state index in [9.17, 15) is 0 Å². The van der Waals surface area contributed by atoms with Crippen LogP contribution in [0.2, 0.25) is 0 Å². The molecule has 2 aromatic heterocycles. The molecule has 0 aliphatic heterocycles. The van der Waals surface area contributed by atoms with Gasteiger partial charge in [-0.3, -0.25) is 0 Å². The van der Waals surface area contributed by atoms with Crippen molar-refractivity contribution in [2.24, 2.45) is 0 Å². The molecule has 3 rings (SSSR count). The van der Waals surface area contributed by atoms with Crippen LogP contribution in [0.5, 0.6) is 0 Å². The summed E-state index contributed by atoms with van der Waals surface area (Å²) in [5.74, 6) is 0. The summed E-state index contributed by atoms with van der Waals surface area (Å²) in [6.45, 7) is 1.97. The molecule has 2 heterocycles. The molecule has 0 amide bonds. The van der Waals surface area contributed by atoms with Gasteiger partial charge in [-0.25, -0.2) is 4.98 Å². The highest BCUT2D eigenvalue weighted by atomic mass is 15.2. The van der Waals surface area contributed by atoms with Gasteiger partial charge >= 0.3 is 0 Å². The van der Waals surface area contributed by atoms with E-state index < -0.39 is 0 Å². The number of nitrogens with zero attached hydrogens (tertiary/aromatic N) is 2. The minimum atomic E-state index is 0.336. The second-order valence-electron chi connectivity index (χ2n) is 6.50. The third-order valence-corrected chi connectivity index (χ3v) is 5.04. The van der Waals surface area contributed by atoms with Gasteiger partial charge < -0.3 is 15.2 Å². The number of aromatic nitrogens is 2. The van der Waals surface area contributed by atoms with E-state index in [1.54, 1.807) is 0 Å². The van der Waals surface area contributed by atoms with Crippen LogP contribution in [0.4, 0.5) is 0 Å². The largest absolute Gasteiger partial charge is 0.346 e. The van der Waals surface area contributed by atoms with E-state index in [0.717, 1.165) is 18.7 Å². The highest BCUT2D eigenvalue weighted by Crippen LogP contribution is 2.31. The zero-order chi connectivity index (χ0) is 14.7. The lowest BCUT2D eigenvalue weighted by Crippen LogP contribution is -2.52. The smallest absolute Gasteiger partial charge is 0.137 e. The third kappa shape index (κ3) is 2.97. The summed E-state index contributed by atoms with van der Waals surface area (Å²) in [5.41, 5.74) is 2.62. The van der Waals surface area contributed by atoms with Crippen molar-refractivity contribution in [3.63, 3.8) is 0 Å². The topological polar surface area (TPSA) is 44.0 Å². The van der Waals surface area contributed by atoms with Gasteiger partial charge in [0.05, 0.1) is 0 Å². The van der Waals surface area contributed by atoms with E-state index in [2.05, 4.69) is 46.5 Å². The molecular formula is C17H26N4. The Balaban J connectivity index is 1.64. The monoisotopic (exact) mass is 286 g/mol. The molecule has 4 nitrogen and oxygen atoms in total. The number of nitrogens with one attached hydrogen (secondary N) is 2. The quantitative estimate of drug-likeness (QED) is 0.888. The van der Waals surface area contributed by atoms with Crippen LogP contribution in [-0.4, -0.2) is 41.0 Å². The Labute approximate surface area is 126 Å². The number of aromatic amines is 1. The standard InChI is InChI=1S/C17H26N4/c1-21(2)17(8-4-3-5-9-17)13-18-11-14-12-20-16-15(14)7-6-10-19-16/h6-7,10,12,18H,3-5,8-9,11,13H2,1-2H3,(H,19,20). The van der Waals surface area contributed by atoms with Crippen LogP contribution in [-0.2, 0) is 6.54 Å². The predicted octanol–water partition coefficient (Wildman–Crippen LogP) is 2.92. The van der Waals surface area contributed by atoms with Gasteiger partial charge in [0.1, 0.15) is 5.65 Å². The van der Waals surface area contributed by atoms with E-state index in [1.807, 2.05) is 12.3 Å². The molecule has 1 fully saturated rings. The van der Waals surface area contributed by atoms with Gasteiger partial charge in [0, 0.05) is 36.4 Å². The maximum Gasteiger partial charge on any atom is 0.137 e. The Morgan fingerprint density at radius 1 is 1.29 bits per heavy atom. The van der Waals surface area contributed by atoms with Crippen molar-refractivity contribution in [2.75, 3.05) is 20.6 Å². The van der Waals surface area contributed by atoms with E-state index in [4.69, 9.17) is 0 Å². The fraction of sp³-hybridized carbons (Fsp3) is 0.588. The van der Waals surface area contributed by atoms with E-state index in [1.165, 1.54) is 43.1 Å². The highest BCUT2D eigenvalue weighted by molar-refractivity contribution is 5.79. The summed E-state index contributed by atoms with van der Waals surface area (Å²) in [5, 5.41) is 4.91. The number of likely N-dealkylation sites (N-methyl/N-ethyl adjacent to an activating group) is 1. The molecule has 1 saturated carbocycles. The second-order valence-corrected chi connectivity index (χ2v) is 6.50. The first-order chi connectivity index (χ1) is 10.2. The number of rotatable bonds is 5. The molecule has 1 aliphatic carbocycles. The Hall–Kier alpha value is -1.39. The fourth-order valence-electron chi connectivity index (χ4n) is 3.58. The molecule has 0 aromatic carbocycles. The Kier molecular flexibility index (Phi) is 4.27. The lowest BCUT2D eigenvalue weighted by Gasteiger charge is -2.43. The molecule has 0 unspecified atom stereocenters. The van der Waals surface area contributed by atoms with E-state index in [0.29, 0.717) is 5.54 Å². The zero-order valence-electron chi connectivity index (χ0n) is 13.2. The molecule has 1 aliphatic rings. The predicted molar refractivity (Wildman–Crippen MR) is 87.3 cm³/mol. The van der Waals surface area contributed by atoms with Crippen LogP contribution in [0.3, 0.4) is 0 Å². The van der Waals surface area contributed by atoms with Gasteiger partial charge in [0.2, 0.25) is 0 Å². The van der Waals surface area contributed by atoms with Crippen molar-refractivity contribution >= 4 is 11.0 Å². The van der Waals surface area contributed by atoms with Gasteiger partial charge in [0.15, 0.2) is 0 Å². The van der Waals surface area contributed by atoms with Crippen LogP contribution in [0.1, 0.15) is 37.7 Å². The Morgan fingerprint density at radius 2 is 2.10 bits per heavy atom. The van der Waals surface area contributed by atoms with Crippen molar-refractivity contribution in [3.8, 4) is 0 Å². The molecule has 0 bridgehead atoms. The maximum atomic E-state index is 4.35. The van der Waals surface area contributed by atoms with Crippen molar-refractivity contribution in [2.45, 2.75) is 44.2 Å². The molecule has 114 valence electrons. The molecule has 0 spiro atoms. The third-order valence-electron chi connectivity index (χ3n) is 5.04. The average molecular weight is 286 g/mol. The number of fused-ring (bicyclic) bond motifs is 1. The maximum absolute atomic E-state index is 4.35. The van der Waals surface area contributed by atoms with Crippen molar-refractivity contribution in [1.82, 2.24) is 20.2 Å². The minimum absolute atomic E-state index is 0.336. The SMILES string of the molecule is CN(C)C1(CNCc2c[nH]c3ncccc23)CCCCC1. The molecule has 4 heteroatoms. The molecule has 2 N–H and O–H groups in total. The van der Waals surface area contributed by atoms with E-state index >= 15 is 0 Å². The lowest BCUT2D eigenvalue weighted by molar-refractivity contribution is 0.0984. The first kappa shape index (κ1) is 14.5. The first-order valence-corrected chi connectivity index (χ1v) is 8.00. The summed E-state index contributed by atoms with van der Waals surface area (Å²) in [6, 6.07) is 4.14. The van der Waals surface area contributed by atoms with Crippen LogP contribution in [0.15, 0.2) is 24.5 Å². The average Bonchev–Trinajstić information content (AvgIpc) is 2.92. The molecular weight excluding hydrogens is 260 g/mol. The van der Waals surface area contributed by atoms with Gasteiger partial charge in [-0.15, -0.1) is 0 Å². The van der Waals surface area contributed by atoms with Crippen molar-refractivity contribution in [1.29, 1.82) is 0 Å². The van der Waals surface area contributed by atoms with Crippen LogP contribution < -0.4 is 5.32 Å². The summed E-state index contributed by atoms with van der Waals surface area (Å²) in [7, 11) is 4.45. The molecule has 2 aromatic rings. The lowest BCUT2D eigenvalue weighted by atomic mass is 9.80. The fourth-order valence-corrected chi connectivity index (χ4v) is 3.58. The minimum Gasteiger partial charge on any atom is -0.346 e. The second kappa shape index (κ2) is 6.16. The first-order valence-electron chi connectivity index (χ1n) is 8.00. The van der Waals surface area contributed by atoms with Crippen molar-refractivity contribution < 1.29 is 0 Å². The van der Waals surface area contributed by atoms with E-state index in [-0.39, 0.29) is 0 Å². The number of pyridine rings is 1. The molecule has 0 atom stereocenters. The number of H-pyrrole nitrogens is 1. The summed E-state index contributed by atoms with van der Waals surface area (Å²) < 4.78 is 0. The van der Waals surface area contributed by atoms with Crippen LogP contribution in [0, 0.1) is 0 Å². The molecule has 0 saturated heterocycles. The number of hydrogen-bond donors (Lipinski definition) is 2.